The lowest BCUT2D eigenvalue weighted by Gasteiger charge is -2.14. The van der Waals surface area contributed by atoms with Crippen molar-refractivity contribution in [1.29, 1.82) is 0 Å². The van der Waals surface area contributed by atoms with Crippen LogP contribution in [0.15, 0.2) is 45.6 Å². The number of carbonyl (C=O) groups excluding carboxylic acids is 1. The fourth-order valence-corrected chi connectivity index (χ4v) is 5.94. The van der Waals surface area contributed by atoms with Crippen molar-refractivity contribution in [3.8, 4) is 0 Å². The van der Waals surface area contributed by atoms with Crippen molar-refractivity contribution in [2.75, 3.05) is 15.8 Å². The predicted molar refractivity (Wildman–Crippen MR) is 131 cm³/mol. The number of nitrogens with one attached hydrogen (secondary N) is 2. The van der Waals surface area contributed by atoms with Gasteiger partial charge < -0.3 is 0 Å². The summed E-state index contributed by atoms with van der Waals surface area (Å²) in [6, 6.07) is 10.0. The molecule has 32 heavy (non-hydrogen) atoms. The summed E-state index contributed by atoms with van der Waals surface area (Å²) in [5, 5.41) is 11.2. The molecule has 0 unspecified atom stereocenters. The van der Waals surface area contributed by atoms with E-state index in [9.17, 15) is 13.2 Å². The molecule has 3 rings (SSSR count). The zero-order chi connectivity index (χ0) is 23.5. The molecule has 0 aliphatic heterocycles. The average molecular weight is 491 g/mol. The lowest BCUT2D eigenvalue weighted by atomic mass is 10.1. The molecule has 1 amide bonds. The van der Waals surface area contributed by atoms with Crippen molar-refractivity contribution >= 4 is 49.8 Å². The molecule has 0 atom stereocenters. The third-order valence-corrected chi connectivity index (χ3v) is 8.66. The van der Waals surface area contributed by atoms with E-state index >= 15 is 0 Å². The topological polar surface area (TPSA) is 101 Å². The maximum Gasteiger partial charge on any atom is 0.262 e. The first-order valence-corrected chi connectivity index (χ1v) is 13.3. The highest BCUT2D eigenvalue weighted by molar-refractivity contribution is 8.01. The summed E-state index contributed by atoms with van der Waals surface area (Å²) in [5.41, 5.74) is 3.12. The van der Waals surface area contributed by atoms with E-state index < -0.39 is 15.9 Å². The van der Waals surface area contributed by atoms with Crippen LogP contribution in [0.4, 0.5) is 10.8 Å². The van der Waals surface area contributed by atoms with E-state index in [1.807, 2.05) is 19.9 Å². The number of hydrogen-bond acceptors (Lipinski definition) is 7. The maximum absolute atomic E-state index is 13.1. The van der Waals surface area contributed by atoms with Crippen LogP contribution >= 0.6 is 23.1 Å². The van der Waals surface area contributed by atoms with Crippen LogP contribution < -0.4 is 10.0 Å². The Morgan fingerprint density at radius 1 is 1.09 bits per heavy atom. The quantitative estimate of drug-likeness (QED) is 0.330. The highest BCUT2D eigenvalue weighted by Crippen LogP contribution is 2.28. The van der Waals surface area contributed by atoms with Gasteiger partial charge in [0.1, 0.15) is 0 Å². The molecule has 0 saturated carbocycles. The molecule has 7 nitrogen and oxygen atoms in total. The molecule has 1 aromatic heterocycles. The van der Waals surface area contributed by atoms with Crippen LogP contribution in [0.3, 0.4) is 0 Å². The number of nitrogens with zero attached hydrogens (tertiary/aromatic N) is 2. The van der Waals surface area contributed by atoms with Crippen molar-refractivity contribution in [3.05, 3.63) is 58.7 Å². The Balaban J connectivity index is 1.80. The summed E-state index contributed by atoms with van der Waals surface area (Å²) >= 11 is 2.88. The van der Waals surface area contributed by atoms with Gasteiger partial charge in [0.15, 0.2) is 4.34 Å². The summed E-state index contributed by atoms with van der Waals surface area (Å²) in [7, 11) is -3.88. The molecule has 0 bridgehead atoms. The fraction of sp³-hybridized carbons (Fsp3) is 0.318. The molecule has 0 aliphatic rings. The number of aryl methyl sites for hydroxylation is 2. The number of carbonyl (C=O) groups is 1. The van der Waals surface area contributed by atoms with E-state index in [1.54, 1.807) is 43.0 Å². The monoisotopic (exact) mass is 490 g/mol. The normalized spacial score (nSPS) is 11.6. The number of rotatable bonds is 8. The number of aromatic nitrogens is 2. The number of amides is 1. The number of thioether (sulfide) groups is 1. The van der Waals surface area contributed by atoms with Crippen molar-refractivity contribution in [2.45, 2.75) is 43.9 Å². The zero-order valence-corrected chi connectivity index (χ0v) is 21.0. The van der Waals surface area contributed by atoms with Crippen LogP contribution in [-0.2, 0) is 10.0 Å². The van der Waals surface area contributed by atoms with E-state index in [-0.39, 0.29) is 10.5 Å². The second-order valence-electron chi connectivity index (χ2n) is 7.87. The van der Waals surface area contributed by atoms with E-state index in [0.29, 0.717) is 22.3 Å². The summed E-state index contributed by atoms with van der Waals surface area (Å²) in [4.78, 5) is 12.8. The first-order valence-electron chi connectivity index (χ1n) is 10.0. The Hall–Kier alpha value is -2.43. The predicted octanol–water partition coefficient (Wildman–Crippen LogP) is 5.26. The SMILES string of the molecule is Cc1ccc(C(=O)Nc2nnc(SCC(C)C)s2)cc1S(=O)(=O)Nc1cccc(C)c1C. The maximum atomic E-state index is 13.1. The first kappa shape index (κ1) is 24.2. The van der Waals surface area contributed by atoms with E-state index in [4.69, 9.17) is 0 Å². The molecule has 0 aliphatic carbocycles. The number of sulfonamides is 1. The van der Waals surface area contributed by atoms with E-state index in [1.165, 1.54) is 17.4 Å². The standard InChI is InChI=1S/C22H26N4O3S3/c1-13(2)12-30-22-25-24-21(31-22)23-20(27)17-10-9-15(4)19(11-17)32(28,29)26-18-8-6-7-14(3)16(18)5/h6-11,13,26H,12H2,1-5H3,(H,23,24,27). The minimum atomic E-state index is -3.88. The molecule has 1 heterocycles. The molecule has 170 valence electrons. The number of hydrogen-bond donors (Lipinski definition) is 2. The van der Waals surface area contributed by atoms with Gasteiger partial charge in [-0.3, -0.25) is 14.8 Å². The summed E-state index contributed by atoms with van der Waals surface area (Å²) in [6.07, 6.45) is 0. The number of anilines is 2. The highest BCUT2D eigenvalue weighted by atomic mass is 32.2. The van der Waals surface area contributed by atoms with Crippen molar-refractivity contribution in [2.24, 2.45) is 5.92 Å². The Bertz CT molecular complexity index is 1240. The molecule has 0 fully saturated rings. The highest BCUT2D eigenvalue weighted by Gasteiger charge is 2.21. The Morgan fingerprint density at radius 2 is 1.84 bits per heavy atom. The number of benzene rings is 2. The van der Waals surface area contributed by atoms with Crippen LogP contribution in [0.25, 0.3) is 0 Å². The zero-order valence-electron chi connectivity index (χ0n) is 18.6. The molecule has 10 heteroatoms. The summed E-state index contributed by atoms with van der Waals surface area (Å²) in [5.74, 6) is 0.992. The van der Waals surface area contributed by atoms with Crippen LogP contribution in [0, 0.1) is 26.7 Å². The molecule has 0 radical (unpaired) electrons. The minimum absolute atomic E-state index is 0.0523. The van der Waals surface area contributed by atoms with Gasteiger partial charge >= 0.3 is 0 Å². The summed E-state index contributed by atoms with van der Waals surface area (Å²) < 4.78 is 29.6. The molecule has 0 spiro atoms. The van der Waals surface area contributed by atoms with Crippen LogP contribution in [0.2, 0.25) is 0 Å². The molecule has 3 aromatic rings. The second kappa shape index (κ2) is 10.0. The third kappa shape index (κ3) is 5.87. The van der Waals surface area contributed by atoms with Crippen LogP contribution in [0.1, 0.15) is 40.9 Å². The molecular weight excluding hydrogens is 464 g/mol. The molecular formula is C22H26N4O3S3. The summed E-state index contributed by atoms with van der Waals surface area (Å²) in [6.45, 7) is 9.72. The second-order valence-corrected chi connectivity index (χ2v) is 11.8. The Labute approximate surface area is 197 Å². The van der Waals surface area contributed by atoms with Crippen molar-refractivity contribution in [3.63, 3.8) is 0 Å². The van der Waals surface area contributed by atoms with Gasteiger partial charge in [-0.2, -0.15) is 0 Å². The Kier molecular flexibility index (Phi) is 7.58. The van der Waals surface area contributed by atoms with E-state index in [2.05, 4.69) is 34.1 Å². The van der Waals surface area contributed by atoms with E-state index in [0.717, 1.165) is 21.2 Å². The lowest BCUT2D eigenvalue weighted by molar-refractivity contribution is 0.102. The largest absolute Gasteiger partial charge is 0.296 e. The van der Waals surface area contributed by atoms with Gasteiger partial charge in [-0.15, -0.1) is 10.2 Å². The smallest absolute Gasteiger partial charge is 0.262 e. The van der Waals surface area contributed by atoms with Gasteiger partial charge in [-0.05, 0) is 61.6 Å². The molecule has 2 N–H and O–H groups in total. The van der Waals surface area contributed by atoms with Crippen LogP contribution in [0.5, 0.6) is 0 Å². The third-order valence-electron chi connectivity index (χ3n) is 4.76. The van der Waals surface area contributed by atoms with Crippen molar-refractivity contribution in [1.82, 2.24) is 10.2 Å². The minimum Gasteiger partial charge on any atom is -0.296 e. The van der Waals surface area contributed by atoms with Crippen molar-refractivity contribution < 1.29 is 13.2 Å². The van der Waals surface area contributed by atoms with Gasteiger partial charge in [-0.25, -0.2) is 8.42 Å². The van der Waals surface area contributed by atoms with Gasteiger partial charge in [0, 0.05) is 11.3 Å². The lowest BCUT2D eigenvalue weighted by Crippen LogP contribution is -2.17. The van der Waals surface area contributed by atoms with Gasteiger partial charge in [0.25, 0.3) is 15.9 Å². The molecule has 2 aromatic carbocycles. The van der Waals surface area contributed by atoms with Gasteiger partial charge in [-0.1, -0.05) is 55.1 Å². The van der Waals surface area contributed by atoms with Gasteiger partial charge in [0.2, 0.25) is 5.13 Å². The fourth-order valence-electron chi connectivity index (χ4n) is 2.82. The first-order chi connectivity index (χ1) is 15.1. The van der Waals surface area contributed by atoms with Gasteiger partial charge in [0.05, 0.1) is 10.6 Å². The average Bonchev–Trinajstić information content (AvgIpc) is 3.17. The molecule has 0 saturated heterocycles. The Morgan fingerprint density at radius 3 is 2.56 bits per heavy atom. The van der Waals surface area contributed by atoms with Crippen LogP contribution in [-0.4, -0.2) is 30.3 Å².